The third kappa shape index (κ3) is 2.95. The molecule has 2 rings (SSSR count). The summed E-state index contributed by atoms with van der Waals surface area (Å²) in [5.41, 5.74) is 0.126. The van der Waals surface area contributed by atoms with Crippen LogP contribution in [0, 0.1) is 0 Å². The molecule has 0 spiro atoms. The molecule has 0 radical (unpaired) electrons. The van der Waals surface area contributed by atoms with Gasteiger partial charge in [0.15, 0.2) is 5.65 Å². The van der Waals surface area contributed by atoms with Crippen molar-refractivity contribution >= 4 is 23.1 Å². The topological polar surface area (TPSA) is 84.3 Å². The summed E-state index contributed by atoms with van der Waals surface area (Å²) in [5, 5.41) is 13.2. The van der Waals surface area contributed by atoms with Crippen LogP contribution in [0.5, 0.6) is 0 Å². The summed E-state index contributed by atoms with van der Waals surface area (Å²) in [5.74, 6) is 1.07. The van der Waals surface area contributed by atoms with Gasteiger partial charge in [-0.25, -0.2) is 9.89 Å². The summed E-state index contributed by atoms with van der Waals surface area (Å²) >= 11 is 5.46. The van der Waals surface area contributed by atoms with E-state index in [0.717, 1.165) is 0 Å². The molecule has 0 aliphatic carbocycles. The third-order valence-electron chi connectivity index (χ3n) is 2.05. The van der Waals surface area contributed by atoms with Crippen LogP contribution in [0.15, 0.2) is 16.9 Å². The zero-order valence-electron chi connectivity index (χ0n) is 9.02. The molecule has 17 heavy (non-hydrogen) atoms. The van der Waals surface area contributed by atoms with Crippen molar-refractivity contribution in [3.63, 3.8) is 0 Å². The predicted molar refractivity (Wildman–Crippen MR) is 63.6 cm³/mol. The average Bonchev–Trinajstić information content (AvgIpc) is 2.71. The Morgan fingerprint density at radius 1 is 1.47 bits per heavy atom. The van der Waals surface area contributed by atoms with Crippen LogP contribution in [0.1, 0.15) is 0 Å². The number of anilines is 1. The zero-order chi connectivity index (χ0) is 12.1. The van der Waals surface area contributed by atoms with Crippen molar-refractivity contribution in [2.75, 3.05) is 31.0 Å². The van der Waals surface area contributed by atoms with Crippen LogP contribution in [-0.4, -0.2) is 45.4 Å². The lowest BCUT2D eigenvalue weighted by Gasteiger charge is -2.05. The number of nitrogens with one attached hydrogen (secondary N) is 2. The Bertz CT molecular complexity index is 537. The van der Waals surface area contributed by atoms with Gasteiger partial charge in [0, 0.05) is 12.4 Å². The Kier molecular flexibility index (Phi) is 3.94. The molecule has 2 aromatic heterocycles. The highest BCUT2D eigenvalue weighted by atomic mass is 35.5. The lowest BCUT2D eigenvalue weighted by Crippen LogP contribution is -2.16. The number of fused-ring (bicyclic) bond motifs is 1. The van der Waals surface area contributed by atoms with Gasteiger partial charge in [-0.15, -0.1) is 16.7 Å². The minimum atomic E-state index is -0.359. The molecule has 0 bridgehead atoms. The third-order valence-corrected chi connectivity index (χ3v) is 2.20. The molecule has 0 unspecified atom stereocenters. The molecule has 0 aliphatic heterocycles. The van der Waals surface area contributed by atoms with Gasteiger partial charge in [0.1, 0.15) is 5.82 Å². The maximum absolute atomic E-state index is 11.3. The number of aromatic nitrogens is 4. The van der Waals surface area contributed by atoms with Gasteiger partial charge in [0.25, 0.3) is 0 Å². The normalized spacial score (nSPS) is 10.9. The number of hydrogen-bond donors (Lipinski definition) is 2. The number of ether oxygens (including phenoxy) is 1. The highest BCUT2D eigenvalue weighted by molar-refractivity contribution is 6.17. The Morgan fingerprint density at radius 3 is 3.18 bits per heavy atom. The lowest BCUT2D eigenvalue weighted by atomic mass is 10.5. The van der Waals surface area contributed by atoms with Gasteiger partial charge in [-0.3, -0.25) is 0 Å². The van der Waals surface area contributed by atoms with Gasteiger partial charge < -0.3 is 10.1 Å². The summed E-state index contributed by atoms with van der Waals surface area (Å²) in [7, 11) is 0. The fourth-order valence-electron chi connectivity index (χ4n) is 1.31. The first-order valence-corrected chi connectivity index (χ1v) is 5.67. The number of alkyl halides is 1. The Labute approximate surface area is 102 Å². The van der Waals surface area contributed by atoms with Crippen LogP contribution >= 0.6 is 11.6 Å². The predicted octanol–water partition coefficient (Wildman–Crippen LogP) is 0.0849. The molecule has 0 saturated heterocycles. The van der Waals surface area contributed by atoms with E-state index in [1.165, 1.54) is 4.52 Å². The maximum atomic E-state index is 11.3. The number of aromatic amines is 1. The highest BCUT2D eigenvalue weighted by Gasteiger charge is 2.01. The number of rotatable bonds is 6. The first kappa shape index (κ1) is 11.9. The summed E-state index contributed by atoms with van der Waals surface area (Å²) in [6.45, 7) is 1.66. The minimum absolute atomic E-state index is 0.359. The average molecular weight is 258 g/mol. The molecule has 8 heteroatoms. The highest BCUT2D eigenvalue weighted by Crippen LogP contribution is 2.01. The Hall–Kier alpha value is -1.60. The molecule has 0 amide bonds. The van der Waals surface area contributed by atoms with Gasteiger partial charge in [0.2, 0.25) is 0 Å². The van der Waals surface area contributed by atoms with Crippen molar-refractivity contribution in [3.8, 4) is 0 Å². The van der Waals surface area contributed by atoms with Crippen molar-refractivity contribution in [2.24, 2.45) is 0 Å². The molecule has 0 aromatic carbocycles. The van der Waals surface area contributed by atoms with E-state index in [1.54, 1.807) is 12.1 Å². The molecule has 2 heterocycles. The van der Waals surface area contributed by atoms with E-state index in [2.05, 4.69) is 20.6 Å². The smallest absolute Gasteiger partial charge is 0.364 e. The van der Waals surface area contributed by atoms with Gasteiger partial charge in [-0.05, 0) is 12.1 Å². The van der Waals surface area contributed by atoms with Crippen molar-refractivity contribution in [2.45, 2.75) is 0 Å². The van der Waals surface area contributed by atoms with Gasteiger partial charge in [0.05, 0.1) is 13.2 Å². The van der Waals surface area contributed by atoms with E-state index in [9.17, 15) is 4.79 Å². The van der Waals surface area contributed by atoms with Gasteiger partial charge >= 0.3 is 5.69 Å². The molecule has 2 N–H and O–H groups in total. The molecule has 2 aromatic rings. The van der Waals surface area contributed by atoms with E-state index in [0.29, 0.717) is 37.1 Å². The summed E-state index contributed by atoms with van der Waals surface area (Å²) < 4.78 is 6.39. The number of nitrogens with zero attached hydrogens (tertiary/aromatic N) is 3. The largest absolute Gasteiger partial charge is 0.378 e. The van der Waals surface area contributed by atoms with Crippen molar-refractivity contribution < 1.29 is 4.74 Å². The fraction of sp³-hybridized carbons (Fsp3) is 0.444. The van der Waals surface area contributed by atoms with Crippen molar-refractivity contribution in [1.29, 1.82) is 0 Å². The number of halogens is 1. The fourth-order valence-corrected chi connectivity index (χ4v) is 1.41. The maximum Gasteiger partial charge on any atom is 0.364 e. The SMILES string of the molecule is O=c1[nH]nc2ccc(NCCOCCCl)nn12. The van der Waals surface area contributed by atoms with Crippen molar-refractivity contribution in [3.05, 3.63) is 22.6 Å². The van der Waals surface area contributed by atoms with E-state index in [-0.39, 0.29) is 5.69 Å². The van der Waals surface area contributed by atoms with E-state index in [1.807, 2.05) is 0 Å². The molecule has 92 valence electrons. The monoisotopic (exact) mass is 257 g/mol. The van der Waals surface area contributed by atoms with Crippen LogP contribution in [0.4, 0.5) is 5.82 Å². The Balaban J connectivity index is 1.94. The van der Waals surface area contributed by atoms with E-state index < -0.39 is 0 Å². The number of hydrogen-bond acceptors (Lipinski definition) is 5. The minimum Gasteiger partial charge on any atom is -0.378 e. The van der Waals surface area contributed by atoms with Crippen LogP contribution in [0.2, 0.25) is 0 Å². The second-order valence-electron chi connectivity index (χ2n) is 3.25. The van der Waals surface area contributed by atoms with Crippen LogP contribution in [-0.2, 0) is 4.74 Å². The first-order chi connectivity index (χ1) is 8.31. The molecular formula is C9H12ClN5O2. The lowest BCUT2D eigenvalue weighted by molar-refractivity contribution is 0.160. The summed E-state index contributed by atoms with van der Waals surface area (Å²) in [6, 6.07) is 3.45. The van der Waals surface area contributed by atoms with Gasteiger partial charge in [-0.1, -0.05) is 0 Å². The first-order valence-electron chi connectivity index (χ1n) is 5.13. The molecule has 0 saturated carbocycles. The standard InChI is InChI=1S/C9H12ClN5O2/c10-3-5-17-6-4-11-7-1-2-8-12-13-9(16)15(8)14-7/h1-2H,3-6H2,(H,11,14)(H,13,16). The van der Waals surface area contributed by atoms with Crippen LogP contribution in [0.3, 0.4) is 0 Å². The summed E-state index contributed by atoms with van der Waals surface area (Å²) in [6.07, 6.45) is 0. The number of H-pyrrole nitrogens is 1. The molecule has 7 nitrogen and oxygen atoms in total. The summed E-state index contributed by atoms with van der Waals surface area (Å²) in [4.78, 5) is 11.3. The van der Waals surface area contributed by atoms with Gasteiger partial charge in [-0.2, -0.15) is 9.61 Å². The second-order valence-corrected chi connectivity index (χ2v) is 3.62. The zero-order valence-corrected chi connectivity index (χ0v) is 9.78. The second kappa shape index (κ2) is 5.65. The van der Waals surface area contributed by atoms with E-state index in [4.69, 9.17) is 16.3 Å². The molecule has 0 aliphatic rings. The molecule has 0 fully saturated rings. The van der Waals surface area contributed by atoms with E-state index >= 15 is 0 Å². The van der Waals surface area contributed by atoms with Crippen molar-refractivity contribution in [1.82, 2.24) is 19.8 Å². The quantitative estimate of drug-likeness (QED) is 0.566. The van der Waals surface area contributed by atoms with Crippen LogP contribution in [0.25, 0.3) is 5.65 Å². The Morgan fingerprint density at radius 2 is 2.35 bits per heavy atom. The molecular weight excluding hydrogens is 246 g/mol. The molecule has 0 atom stereocenters. The van der Waals surface area contributed by atoms with Crippen LogP contribution < -0.4 is 11.0 Å².